The maximum atomic E-state index is 12.3. The average molecular weight is 368 g/mol. The topological polar surface area (TPSA) is 80.5 Å². The summed E-state index contributed by atoms with van der Waals surface area (Å²) in [6.45, 7) is 5.84. The van der Waals surface area contributed by atoms with E-state index in [0.29, 0.717) is 25.4 Å². The number of ether oxygens (including phenoxy) is 1. The highest BCUT2D eigenvalue weighted by molar-refractivity contribution is 8.01. The lowest BCUT2D eigenvalue weighted by Crippen LogP contribution is -2.48. The van der Waals surface area contributed by atoms with Crippen LogP contribution in [0.3, 0.4) is 0 Å². The molecule has 1 amide bonds. The minimum absolute atomic E-state index is 0.0848. The second kappa shape index (κ2) is 8.00. The lowest BCUT2D eigenvalue weighted by atomic mass is 10.2. The van der Waals surface area contributed by atoms with E-state index in [1.807, 2.05) is 30.9 Å². The fourth-order valence-electron chi connectivity index (χ4n) is 2.51. The van der Waals surface area contributed by atoms with Crippen LogP contribution < -0.4 is 5.32 Å². The molecule has 1 aliphatic rings. The molecule has 3 heterocycles. The molecule has 0 saturated carbocycles. The highest BCUT2D eigenvalue weighted by Crippen LogP contribution is 2.26. The molecule has 2 aromatic heterocycles. The van der Waals surface area contributed by atoms with Gasteiger partial charge in [-0.25, -0.2) is 0 Å². The maximum absolute atomic E-state index is 12.3. The number of hydrogen-bond donors (Lipinski definition) is 1. The molecule has 0 spiro atoms. The van der Waals surface area contributed by atoms with Crippen molar-refractivity contribution in [2.24, 2.45) is 0 Å². The van der Waals surface area contributed by atoms with Crippen molar-refractivity contribution in [1.29, 1.82) is 0 Å². The van der Waals surface area contributed by atoms with Gasteiger partial charge in [-0.15, -0.1) is 10.2 Å². The molecule has 1 N–H and O–H groups in total. The molecule has 0 bridgehead atoms. The van der Waals surface area contributed by atoms with Crippen LogP contribution in [0.2, 0.25) is 0 Å². The zero-order chi connectivity index (χ0) is 16.9. The number of nitrogens with zero attached hydrogens (tertiary/aromatic N) is 3. The van der Waals surface area contributed by atoms with E-state index in [1.54, 1.807) is 6.26 Å². The van der Waals surface area contributed by atoms with Gasteiger partial charge in [-0.2, -0.15) is 0 Å². The minimum atomic E-state index is 0.0848. The summed E-state index contributed by atoms with van der Waals surface area (Å²) in [5.41, 5.74) is 0. The van der Waals surface area contributed by atoms with Crippen LogP contribution in [-0.4, -0.2) is 52.1 Å². The minimum Gasteiger partial charge on any atom is -0.467 e. The number of hydrogen-bond acceptors (Lipinski definition) is 8. The van der Waals surface area contributed by atoms with Gasteiger partial charge in [0.2, 0.25) is 11.0 Å². The average Bonchev–Trinajstić information content (AvgIpc) is 3.21. The third kappa shape index (κ3) is 4.71. The maximum Gasteiger partial charge on any atom is 0.233 e. The first kappa shape index (κ1) is 17.2. The number of aromatic nitrogens is 2. The summed E-state index contributed by atoms with van der Waals surface area (Å²) in [6.07, 6.45) is 1.81. The van der Waals surface area contributed by atoms with Crippen molar-refractivity contribution in [3.63, 3.8) is 0 Å². The summed E-state index contributed by atoms with van der Waals surface area (Å²) in [7, 11) is 0. The number of rotatable bonds is 6. The quantitative estimate of drug-likeness (QED) is 0.785. The number of nitrogens with one attached hydrogen (secondary N) is 1. The van der Waals surface area contributed by atoms with Gasteiger partial charge in [0.1, 0.15) is 5.76 Å². The Labute approximate surface area is 148 Å². The van der Waals surface area contributed by atoms with Crippen molar-refractivity contribution in [3.8, 4) is 0 Å². The van der Waals surface area contributed by atoms with E-state index >= 15 is 0 Å². The van der Waals surface area contributed by atoms with Gasteiger partial charge in [0, 0.05) is 13.1 Å². The second-order valence-electron chi connectivity index (χ2n) is 5.65. The standard InChI is InChI=1S/C15H20N4O3S2/c1-10-7-19(8-11(2)22-10)13(20)9-23-15-18-17-14(24-15)16-6-12-4-3-5-21-12/h3-5,10-11H,6-9H2,1-2H3,(H,16,17)/t10-,11-/m0/s1. The van der Waals surface area contributed by atoms with Gasteiger partial charge in [0.05, 0.1) is 30.8 Å². The molecule has 0 aromatic carbocycles. The Balaban J connectivity index is 1.45. The molecule has 0 unspecified atom stereocenters. The number of amides is 1. The van der Waals surface area contributed by atoms with Crippen molar-refractivity contribution in [3.05, 3.63) is 24.2 Å². The predicted molar refractivity (Wildman–Crippen MR) is 93.3 cm³/mol. The van der Waals surface area contributed by atoms with Crippen LogP contribution in [0.15, 0.2) is 27.2 Å². The molecule has 9 heteroatoms. The van der Waals surface area contributed by atoms with Gasteiger partial charge in [-0.1, -0.05) is 23.1 Å². The molecule has 2 atom stereocenters. The van der Waals surface area contributed by atoms with Crippen LogP contribution in [0.5, 0.6) is 0 Å². The van der Waals surface area contributed by atoms with Crippen molar-refractivity contribution in [2.45, 2.75) is 36.9 Å². The fourth-order valence-corrected chi connectivity index (χ4v) is 4.16. The van der Waals surface area contributed by atoms with Crippen LogP contribution in [0.25, 0.3) is 0 Å². The smallest absolute Gasteiger partial charge is 0.233 e. The normalized spacial score (nSPS) is 21.0. The SMILES string of the molecule is C[C@H]1CN(C(=O)CSc2nnc(NCc3ccco3)s2)C[C@H](C)O1. The molecule has 2 aromatic rings. The Morgan fingerprint density at radius 2 is 2.21 bits per heavy atom. The number of morpholine rings is 1. The predicted octanol–water partition coefficient (Wildman–Crippen LogP) is 2.47. The highest BCUT2D eigenvalue weighted by Gasteiger charge is 2.25. The molecule has 24 heavy (non-hydrogen) atoms. The second-order valence-corrected chi connectivity index (χ2v) is 7.85. The van der Waals surface area contributed by atoms with Crippen molar-refractivity contribution in [1.82, 2.24) is 15.1 Å². The lowest BCUT2D eigenvalue weighted by molar-refractivity contribution is -0.140. The lowest BCUT2D eigenvalue weighted by Gasteiger charge is -2.35. The Morgan fingerprint density at radius 1 is 1.42 bits per heavy atom. The first-order valence-electron chi connectivity index (χ1n) is 7.76. The van der Waals surface area contributed by atoms with E-state index < -0.39 is 0 Å². The van der Waals surface area contributed by atoms with Gasteiger partial charge in [-0.05, 0) is 26.0 Å². The number of furan rings is 1. The van der Waals surface area contributed by atoms with Crippen molar-refractivity contribution in [2.75, 3.05) is 24.2 Å². The molecule has 130 valence electrons. The molecule has 1 fully saturated rings. The molecule has 0 radical (unpaired) electrons. The fraction of sp³-hybridized carbons (Fsp3) is 0.533. The molecule has 1 aliphatic heterocycles. The van der Waals surface area contributed by atoms with Crippen LogP contribution in [0.1, 0.15) is 19.6 Å². The van der Waals surface area contributed by atoms with Gasteiger partial charge >= 0.3 is 0 Å². The number of anilines is 1. The Hall–Kier alpha value is -1.58. The largest absolute Gasteiger partial charge is 0.467 e. The third-order valence-corrected chi connectivity index (χ3v) is 5.49. The Morgan fingerprint density at radius 3 is 2.92 bits per heavy atom. The number of carbonyl (C=O) groups is 1. The van der Waals surface area contributed by atoms with E-state index in [9.17, 15) is 4.79 Å². The van der Waals surface area contributed by atoms with E-state index in [1.165, 1.54) is 23.1 Å². The number of carbonyl (C=O) groups excluding carboxylic acids is 1. The molecular formula is C15H20N4O3S2. The molecule has 7 nitrogen and oxygen atoms in total. The third-order valence-electron chi connectivity index (χ3n) is 3.49. The zero-order valence-corrected chi connectivity index (χ0v) is 15.2. The first-order chi connectivity index (χ1) is 11.6. The summed E-state index contributed by atoms with van der Waals surface area (Å²) >= 11 is 2.86. The summed E-state index contributed by atoms with van der Waals surface area (Å²) in [6, 6.07) is 3.74. The summed E-state index contributed by atoms with van der Waals surface area (Å²) in [5, 5.41) is 12.1. The molecule has 3 rings (SSSR count). The van der Waals surface area contributed by atoms with E-state index in [0.717, 1.165) is 15.2 Å². The van der Waals surface area contributed by atoms with Crippen LogP contribution >= 0.6 is 23.1 Å². The van der Waals surface area contributed by atoms with Gasteiger partial charge in [0.15, 0.2) is 4.34 Å². The van der Waals surface area contributed by atoms with Gasteiger partial charge in [0.25, 0.3) is 0 Å². The molecule has 0 aliphatic carbocycles. The van der Waals surface area contributed by atoms with E-state index in [-0.39, 0.29) is 18.1 Å². The highest BCUT2D eigenvalue weighted by atomic mass is 32.2. The number of thioether (sulfide) groups is 1. The zero-order valence-electron chi connectivity index (χ0n) is 13.6. The van der Waals surface area contributed by atoms with Crippen LogP contribution in [0.4, 0.5) is 5.13 Å². The van der Waals surface area contributed by atoms with E-state index in [2.05, 4.69) is 15.5 Å². The van der Waals surface area contributed by atoms with Crippen molar-refractivity contribution < 1.29 is 13.9 Å². The van der Waals surface area contributed by atoms with Crippen LogP contribution in [0, 0.1) is 0 Å². The van der Waals surface area contributed by atoms with Crippen molar-refractivity contribution >= 4 is 34.1 Å². The Bertz CT molecular complexity index is 651. The molecule has 1 saturated heterocycles. The molecular weight excluding hydrogens is 348 g/mol. The summed E-state index contributed by atoms with van der Waals surface area (Å²) < 4.78 is 11.7. The van der Waals surface area contributed by atoms with Gasteiger partial charge < -0.3 is 19.4 Å². The van der Waals surface area contributed by atoms with Gasteiger partial charge in [-0.3, -0.25) is 4.79 Å². The Kier molecular flexibility index (Phi) is 5.75. The summed E-state index contributed by atoms with van der Waals surface area (Å²) in [4.78, 5) is 14.2. The monoisotopic (exact) mass is 368 g/mol. The van der Waals surface area contributed by atoms with Crippen LogP contribution in [-0.2, 0) is 16.1 Å². The summed E-state index contributed by atoms with van der Waals surface area (Å²) in [5.74, 6) is 1.32. The first-order valence-corrected chi connectivity index (χ1v) is 9.56. The van der Waals surface area contributed by atoms with E-state index in [4.69, 9.17) is 9.15 Å².